The summed E-state index contributed by atoms with van der Waals surface area (Å²) in [6, 6.07) is 8.42. The fraction of sp³-hybridized carbons (Fsp3) is 0.318. The summed E-state index contributed by atoms with van der Waals surface area (Å²) in [6.45, 7) is 3.84. The monoisotopic (exact) mass is 467 g/mol. The molecule has 2 atom stereocenters. The number of carboxylic acid groups (broad SMARTS) is 1. The second kappa shape index (κ2) is 8.75. The molecule has 2 aliphatic heterocycles. The average molecular weight is 468 g/mol. The Balaban J connectivity index is 0.000000724. The van der Waals surface area contributed by atoms with Crippen LogP contribution in [0.2, 0.25) is 0 Å². The Bertz CT molecular complexity index is 1290. The summed E-state index contributed by atoms with van der Waals surface area (Å²) in [4.78, 5) is 37.5. The van der Waals surface area contributed by atoms with Gasteiger partial charge in [0, 0.05) is 50.4 Å². The maximum atomic E-state index is 11.7. The fourth-order valence-electron chi connectivity index (χ4n) is 4.51. The predicted molar refractivity (Wildman–Crippen MR) is 120 cm³/mol. The SMILES string of the molecule is CC(=O)N1C[C@@H]2C[C@H]1CN2Cc1cc2ncc(Oc3nc4ncccc4s3)cc2o1.O=CO. The number of rotatable bonds is 4. The molecule has 1 amide bonds. The van der Waals surface area contributed by atoms with Gasteiger partial charge < -0.3 is 19.2 Å². The molecule has 6 heterocycles. The molecule has 6 rings (SSSR count). The summed E-state index contributed by atoms with van der Waals surface area (Å²) in [5, 5.41) is 7.42. The van der Waals surface area contributed by atoms with Crippen LogP contribution in [-0.4, -0.2) is 67.4 Å². The summed E-state index contributed by atoms with van der Waals surface area (Å²) in [7, 11) is 0. The molecule has 4 aromatic heterocycles. The van der Waals surface area contributed by atoms with Gasteiger partial charge in [0.05, 0.1) is 17.4 Å². The number of fused-ring (bicyclic) bond motifs is 4. The van der Waals surface area contributed by atoms with Crippen LogP contribution in [0.25, 0.3) is 21.4 Å². The van der Waals surface area contributed by atoms with Crippen molar-refractivity contribution in [2.24, 2.45) is 0 Å². The number of piperazine rings is 1. The standard InChI is InChI=1S/C21H19N5O3S.CH2O2/c1-12(27)26-10-13-5-14(26)9-25(13)11-16-6-17-18(28-16)7-15(8-23-17)29-21-24-20-19(30-21)3-2-4-22-20;2-1-3/h2-4,6-8,13-14H,5,9-11H2,1H3;1H,(H,2,3)/t13-,14-;/m0./s1. The van der Waals surface area contributed by atoms with Gasteiger partial charge in [0.1, 0.15) is 11.3 Å². The van der Waals surface area contributed by atoms with Gasteiger partial charge >= 0.3 is 0 Å². The molecule has 10 nitrogen and oxygen atoms in total. The van der Waals surface area contributed by atoms with Crippen molar-refractivity contribution in [3.63, 3.8) is 0 Å². The van der Waals surface area contributed by atoms with Gasteiger partial charge in [-0.25, -0.2) is 9.97 Å². The maximum absolute atomic E-state index is 11.7. The Kier molecular flexibility index (Phi) is 5.65. The zero-order chi connectivity index (χ0) is 22.9. The van der Waals surface area contributed by atoms with Crippen LogP contribution in [0.15, 0.2) is 41.1 Å². The van der Waals surface area contributed by atoms with Crippen molar-refractivity contribution < 1.29 is 23.8 Å². The third-order valence-corrected chi connectivity index (χ3v) is 6.75. The third-order valence-electron chi connectivity index (χ3n) is 5.86. The Labute approximate surface area is 192 Å². The molecule has 0 saturated carbocycles. The van der Waals surface area contributed by atoms with Gasteiger partial charge in [0.2, 0.25) is 5.91 Å². The summed E-state index contributed by atoms with van der Waals surface area (Å²) >= 11 is 1.44. The van der Waals surface area contributed by atoms with Gasteiger partial charge in [-0.15, -0.1) is 0 Å². The Morgan fingerprint density at radius 2 is 2.18 bits per heavy atom. The number of carbonyl (C=O) groups is 2. The van der Waals surface area contributed by atoms with Crippen molar-refractivity contribution in [1.82, 2.24) is 24.8 Å². The van der Waals surface area contributed by atoms with Gasteiger partial charge in [-0.1, -0.05) is 11.3 Å². The van der Waals surface area contributed by atoms with Crippen LogP contribution >= 0.6 is 11.3 Å². The largest absolute Gasteiger partial charge is 0.483 e. The summed E-state index contributed by atoms with van der Waals surface area (Å²) in [5.74, 6) is 1.63. The number of likely N-dealkylation sites (tertiary alicyclic amines) is 2. The number of ether oxygens (including phenoxy) is 1. The van der Waals surface area contributed by atoms with Gasteiger partial charge in [-0.3, -0.25) is 14.5 Å². The number of nitrogens with zero attached hydrogens (tertiary/aromatic N) is 5. The minimum atomic E-state index is -0.250. The molecule has 4 aromatic rings. The lowest BCUT2D eigenvalue weighted by Crippen LogP contribution is -2.47. The van der Waals surface area contributed by atoms with Crippen LogP contribution in [-0.2, 0) is 16.1 Å². The molecule has 11 heteroatoms. The van der Waals surface area contributed by atoms with Gasteiger partial charge in [0.15, 0.2) is 17.0 Å². The van der Waals surface area contributed by atoms with E-state index in [0.29, 0.717) is 34.3 Å². The summed E-state index contributed by atoms with van der Waals surface area (Å²) in [6.07, 6.45) is 4.45. The van der Waals surface area contributed by atoms with E-state index in [4.69, 9.17) is 19.1 Å². The smallest absolute Gasteiger partial charge is 0.290 e. The highest BCUT2D eigenvalue weighted by molar-refractivity contribution is 7.20. The van der Waals surface area contributed by atoms with E-state index in [1.54, 1.807) is 19.3 Å². The van der Waals surface area contributed by atoms with Crippen LogP contribution in [0.1, 0.15) is 19.1 Å². The molecule has 0 spiro atoms. The summed E-state index contributed by atoms with van der Waals surface area (Å²) in [5.41, 5.74) is 2.17. The highest BCUT2D eigenvalue weighted by Gasteiger charge is 2.44. The normalized spacial score (nSPS) is 19.6. The van der Waals surface area contributed by atoms with Crippen molar-refractivity contribution in [2.45, 2.75) is 32.0 Å². The average Bonchev–Trinajstić information content (AvgIpc) is 3.55. The van der Waals surface area contributed by atoms with Crippen LogP contribution in [0, 0.1) is 0 Å². The molecular formula is C22H21N5O5S. The minimum Gasteiger partial charge on any atom is -0.483 e. The number of thiazole rings is 1. The Morgan fingerprint density at radius 1 is 1.33 bits per heavy atom. The number of carbonyl (C=O) groups excluding carboxylic acids is 1. The van der Waals surface area contributed by atoms with Gasteiger partial charge in [-0.2, -0.15) is 4.98 Å². The van der Waals surface area contributed by atoms with Crippen molar-refractivity contribution >= 4 is 45.2 Å². The topological polar surface area (TPSA) is 122 Å². The van der Waals surface area contributed by atoms with E-state index in [1.165, 1.54) is 11.3 Å². The second-order valence-corrected chi connectivity index (χ2v) is 8.92. The van der Waals surface area contributed by atoms with Crippen LogP contribution in [0.5, 0.6) is 10.9 Å². The maximum Gasteiger partial charge on any atom is 0.290 e. The molecule has 0 radical (unpaired) electrons. The van der Waals surface area contributed by atoms with E-state index in [-0.39, 0.29) is 12.4 Å². The van der Waals surface area contributed by atoms with Crippen LogP contribution in [0.3, 0.4) is 0 Å². The van der Waals surface area contributed by atoms with Crippen LogP contribution < -0.4 is 4.74 Å². The van der Waals surface area contributed by atoms with E-state index >= 15 is 0 Å². The lowest BCUT2D eigenvalue weighted by molar-refractivity contribution is -0.131. The molecule has 33 heavy (non-hydrogen) atoms. The molecule has 0 aliphatic carbocycles. The van der Waals surface area contributed by atoms with E-state index < -0.39 is 0 Å². The van der Waals surface area contributed by atoms with Gasteiger partial charge in [0.25, 0.3) is 11.7 Å². The van der Waals surface area contributed by atoms with Crippen LogP contribution in [0.4, 0.5) is 0 Å². The zero-order valence-electron chi connectivity index (χ0n) is 17.7. The molecular weight excluding hydrogens is 446 g/mol. The quantitative estimate of drug-likeness (QED) is 0.451. The third kappa shape index (κ3) is 4.24. The van der Waals surface area contributed by atoms with E-state index in [0.717, 1.165) is 42.0 Å². The molecule has 2 bridgehead atoms. The van der Waals surface area contributed by atoms with E-state index in [9.17, 15) is 4.79 Å². The lowest BCUT2D eigenvalue weighted by atomic mass is 10.2. The van der Waals surface area contributed by atoms with Crippen molar-refractivity contribution in [3.8, 4) is 10.9 Å². The highest BCUT2D eigenvalue weighted by Crippen LogP contribution is 2.34. The molecule has 1 N–H and O–H groups in total. The summed E-state index contributed by atoms with van der Waals surface area (Å²) < 4.78 is 12.9. The second-order valence-electron chi connectivity index (χ2n) is 7.92. The van der Waals surface area contributed by atoms with E-state index in [1.807, 2.05) is 29.2 Å². The highest BCUT2D eigenvalue weighted by atomic mass is 32.1. The van der Waals surface area contributed by atoms with Crippen molar-refractivity contribution in [3.05, 3.63) is 42.4 Å². The minimum absolute atomic E-state index is 0.173. The first-order valence-electron chi connectivity index (χ1n) is 10.4. The zero-order valence-corrected chi connectivity index (χ0v) is 18.6. The molecule has 2 saturated heterocycles. The number of aromatic nitrogens is 3. The van der Waals surface area contributed by atoms with Crippen molar-refractivity contribution in [2.75, 3.05) is 13.1 Å². The molecule has 170 valence electrons. The number of amides is 1. The number of hydrogen-bond acceptors (Lipinski definition) is 9. The Hall–Kier alpha value is -3.57. The molecule has 0 aromatic carbocycles. The van der Waals surface area contributed by atoms with Gasteiger partial charge in [-0.05, 0) is 18.6 Å². The first kappa shape index (κ1) is 21.3. The van der Waals surface area contributed by atoms with Crippen molar-refractivity contribution in [1.29, 1.82) is 0 Å². The number of pyridine rings is 2. The number of hydrogen-bond donors (Lipinski definition) is 1. The molecule has 2 fully saturated rings. The lowest BCUT2D eigenvalue weighted by Gasteiger charge is -2.33. The predicted octanol–water partition coefficient (Wildman–Crippen LogP) is 3.13. The molecule has 0 unspecified atom stereocenters. The molecule has 2 aliphatic rings. The fourth-order valence-corrected chi connectivity index (χ4v) is 5.30. The first-order chi connectivity index (χ1) is 16.0. The first-order valence-corrected chi connectivity index (χ1v) is 11.2. The number of furan rings is 1. The Morgan fingerprint density at radius 3 is 2.91 bits per heavy atom. The van der Waals surface area contributed by atoms with E-state index in [2.05, 4.69) is 19.9 Å².